The third-order valence-corrected chi connectivity index (χ3v) is 10.7. The quantitative estimate of drug-likeness (QED) is 0.118. The molecule has 0 saturated heterocycles. The summed E-state index contributed by atoms with van der Waals surface area (Å²) in [6.07, 6.45) is 3.14. The number of hydrogen-bond donors (Lipinski definition) is 0. The van der Waals surface area contributed by atoms with Gasteiger partial charge in [-0.15, -0.1) is 24.0 Å². The van der Waals surface area contributed by atoms with E-state index < -0.39 is 32.5 Å². The number of rotatable bonds is 9. The summed E-state index contributed by atoms with van der Waals surface area (Å²) in [6.45, 7) is 25.2. The van der Waals surface area contributed by atoms with E-state index in [0.717, 1.165) is 55.4 Å². The van der Waals surface area contributed by atoms with Gasteiger partial charge in [0.1, 0.15) is 12.7 Å². The van der Waals surface area contributed by atoms with Crippen LogP contribution < -0.4 is 0 Å². The Balaban J connectivity index is 0.000000853. The van der Waals surface area contributed by atoms with Crippen molar-refractivity contribution in [3.05, 3.63) is 117 Å². The van der Waals surface area contributed by atoms with Crippen LogP contribution in [0, 0.1) is 74.9 Å². The molecule has 60 heavy (non-hydrogen) atoms. The third-order valence-electron chi connectivity index (χ3n) is 10.0. The molecule has 0 aliphatic rings. The van der Waals surface area contributed by atoms with Crippen molar-refractivity contribution in [1.82, 2.24) is 14.8 Å². The van der Waals surface area contributed by atoms with Crippen molar-refractivity contribution >= 4 is 77.1 Å². The summed E-state index contributed by atoms with van der Waals surface area (Å²) >= 11 is 7.68. The first kappa shape index (κ1) is 56.4. The summed E-state index contributed by atoms with van der Waals surface area (Å²) in [5, 5.41) is 60.5. The first-order valence-electron chi connectivity index (χ1n) is 18.7. The Morgan fingerprint density at radius 3 is 1.00 bits per heavy atom. The minimum Gasteiger partial charge on any atom is -0.249 e. The second-order valence-corrected chi connectivity index (χ2v) is 18.1. The van der Waals surface area contributed by atoms with Crippen molar-refractivity contribution in [2.75, 3.05) is 0 Å². The normalized spacial score (nSPS) is 11.2. The number of halogens is 4. The van der Waals surface area contributed by atoms with Crippen molar-refractivity contribution in [3.63, 3.8) is 0 Å². The van der Waals surface area contributed by atoms with Gasteiger partial charge in [-0.2, -0.15) is 36.7 Å². The number of nitrogens with zero attached hydrogens (tertiary/aromatic N) is 9. The Morgan fingerprint density at radius 2 is 0.767 bits per heavy atom. The highest BCUT2D eigenvalue weighted by atomic mass is 128. The zero-order valence-corrected chi connectivity index (χ0v) is 45.1. The number of nitriles is 6. The van der Waals surface area contributed by atoms with E-state index in [1.165, 1.54) is 6.33 Å². The monoisotopic (exact) mass is 1210 g/mol. The molecule has 0 fully saturated rings. The SMILES string of the molecule is CC(C)(C#N)c1cc(CBr)cc(C(C)(C)C#N)c1.CC(C)(C#N)c1cc(Cn2cncn2)cc(C(C)(C)C#N)c1.Cc1cc(C(C)(C)C#N)cc(C(C)(C)C#N)c1.I.II. The average molecular weight is 1210 g/mol. The maximum Gasteiger partial charge on any atom is 0.137 e. The Labute approximate surface area is 407 Å². The molecule has 0 atom stereocenters. The van der Waals surface area contributed by atoms with Crippen LogP contribution in [-0.2, 0) is 44.4 Å². The molecule has 0 radical (unpaired) electrons. The summed E-state index contributed by atoms with van der Waals surface area (Å²) in [7, 11) is 0. The van der Waals surface area contributed by atoms with E-state index in [2.05, 4.69) is 99.7 Å². The molecule has 0 aliphatic carbocycles. The minimum absolute atomic E-state index is 0. The number of aromatic nitrogens is 3. The molecule has 316 valence electrons. The molecule has 0 N–H and O–H groups in total. The largest absolute Gasteiger partial charge is 0.249 e. The molecule has 1 heterocycles. The number of aryl methyl sites for hydroxylation is 1. The van der Waals surface area contributed by atoms with Gasteiger partial charge < -0.3 is 0 Å². The fourth-order valence-electron chi connectivity index (χ4n) is 5.39. The van der Waals surface area contributed by atoms with Crippen molar-refractivity contribution in [3.8, 4) is 36.4 Å². The van der Waals surface area contributed by atoms with Gasteiger partial charge in [-0.3, -0.25) is 0 Å². The summed E-state index contributed by atoms with van der Waals surface area (Å²) in [6, 6.07) is 31.8. The fourth-order valence-corrected chi connectivity index (χ4v) is 5.71. The lowest BCUT2D eigenvalue weighted by Gasteiger charge is -2.23. The Bertz CT molecular complexity index is 2190. The highest BCUT2D eigenvalue weighted by molar-refractivity contribution is 15.0. The molecular formula is C47H55BrI3N9. The van der Waals surface area contributed by atoms with Crippen LogP contribution in [0.25, 0.3) is 0 Å². The number of alkyl halides is 1. The van der Waals surface area contributed by atoms with Gasteiger partial charge in [0.15, 0.2) is 0 Å². The smallest absolute Gasteiger partial charge is 0.137 e. The second-order valence-electron chi connectivity index (χ2n) is 17.6. The van der Waals surface area contributed by atoms with Crippen molar-refractivity contribution in [2.45, 2.75) is 134 Å². The molecule has 0 unspecified atom stereocenters. The van der Waals surface area contributed by atoms with E-state index in [4.69, 9.17) is 0 Å². The van der Waals surface area contributed by atoms with Crippen LogP contribution in [0.4, 0.5) is 0 Å². The molecule has 3 aromatic carbocycles. The summed E-state index contributed by atoms with van der Waals surface area (Å²) < 4.78 is 1.72. The van der Waals surface area contributed by atoms with Crippen molar-refractivity contribution in [1.29, 1.82) is 31.6 Å². The van der Waals surface area contributed by atoms with Gasteiger partial charge in [-0.05, 0) is 135 Å². The molecule has 0 bridgehead atoms. The maximum absolute atomic E-state index is 9.40. The van der Waals surface area contributed by atoms with E-state index in [1.54, 1.807) is 11.0 Å². The standard InChI is InChI=1S/C17H19N5.C15H17BrN2.C15H18N2.I2.HI/c1-16(2,9-18)14-5-13(8-22-12-20-11-21-22)6-15(7-14)17(3,4)10-19;1-14(2,9-17)12-5-11(8-16)6-13(7-12)15(3,4)10-18;1-11-6-12(14(2,3)9-16)8-13(7-11)15(4,5)10-17;1-2;/h5-7,11-12H,8H2,1-4H3;5-7H,8H2,1-4H3;6-8H,1-5H3;;1H. The third kappa shape index (κ3) is 15.7. The van der Waals surface area contributed by atoms with E-state index >= 15 is 0 Å². The molecule has 0 saturated carbocycles. The van der Waals surface area contributed by atoms with E-state index in [-0.39, 0.29) is 24.0 Å². The van der Waals surface area contributed by atoms with Crippen LogP contribution in [0.2, 0.25) is 0 Å². The highest BCUT2D eigenvalue weighted by Gasteiger charge is 2.28. The molecular weight excluding hydrogens is 1150 g/mol. The molecule has 4 rings (SSSR count). The molecule has 13 heteroatoms. The highest BCUT2D eigenvalue weighted by Crippen LogP contribution is 2.33. The first-order chi connectivity index (χ1) is 27.3. The van der Waals surface area contributed by atoms with Crippen LogP contribution in [0.1, 0.15) is 133 Å². The van der Waals surface area contributed by atoms with Gasteiger partial charge in [0, 0.05) is 42.6 Å². The van der Waals surface area contributed by atoms with Gasteiger partial charge in [-0.1, -0.05) is 76.1 Å². The zero-order valence-electron chi connectivity index (χ0n) is 36.8. The van der Waals surface area contributed by atoms with Gasteiger partial charge >= 0.3 is 0 Å². The van der Waals surface area contributed by atoms with E-state index in [0.29, 0.717) is 6.54 Å². The number of benzene rings is 3. The Kier molecular flexibility index (Phi) is 22.2. The molecule has 0 spiro atoms. The van der Waals surface area contributed by atoms with Crippen molar-refractivity contribution in [2.24, 2.45) is 0 Å². The molecule has 4 aromatic rings. The topological polar surface area (TPSA) is 173 Å². The van der Waals surface area contributed by atoms with Gasteiger partial charge in [0.25, 0.3) is 0 Å². The average Bonchev–Trinajstić information content (AvgIpc) is 3.74. The van der Waals surface area contributed by atoms with Crippen LogP contribution in [-0.4, -0.2) is 14.8 Å². The van der Waals surface area contributed by atoms with Gasteiger partial charge in [-0.25, -0.2) is 9.67 Å². The second kappa shape index (κ2) is 23.6. The number of hydrogen-bond acceptors (Lipinski definition) is 8. The van der Waals surface area contributed by atoms with Crippen LogP contribution >= 0.6 is 77.1 Å². The predicted octanol–water partition coefficient (Wildman–Crippen LogP) is 13.1. The Morgan fingerprint density at radius 1 is 0.500 bits per heavy atom. The fraction of sp³-hybridized carbons (Fsp3) is 0.447. The van der Waals surface area contributed by atoms with Crippen LogP contribution in [0.5, 0.6) is 0 Å². The van der Waals surface area contributed by atoms with E-state index in [9.17, 15) is 31.6 Å². The molecule has 0 amide bonds. The van der Waals surface area contributed by atoms with Gasteiger partial charge in [0.2, 0.25) is 0 Å². The summed E-state index contributed by atoms with van der Waals surface area (Å²) in [4.78, 5) is 3.94. The van der Waals surface area contributed by atoms with E-state index in [1.807, 2.05) is 145 Å². The predicted molar refractivity (Wildman–Crippen MR) is 271 cm³/mol. The molecule has 0 aliphatic heterocycles. The first-order valence-corrected chi connectivity index (χ1v) is 26.1. The minimum atomic E-state index is -0.612. The van der Waals surface area contributed by atoms with Gasteiger partial charge in [0.05, 0.1) is 75.5 Å². The van der Waals surface area contributed by atoms with Crippen LogP contribution in [0.15, 0.2) is 67.3 Å². The van der Waals surface area contributed by atoms with Crippen LogP contribution in [0.3, 0.4) is 0 Å². The Hall–Kier alpha value is -3.59. The lowest BCUT2D eigenvalue weighted by Crippen LogP contribution is -2.20. The van der Waals surface area contributed by atoms with Crippen molar-refractivity contribution < 1.29 is 0 Å². The summed E-state index contributed by atoms with van der Waals surface area (Å²) in [5.41, 5.74) is 5.50. The molecule has 1 aromatic heterocycles. The maximum atomic E-state index is 9.40. The zero-order chi connectivity index (χ0) is 45.6. The summed E-state index contributed by atoms with van der Waals surface area (Å²) in [5.74, 6) is 0. The lowest BCUT2D eigenvalue weighted by atomic mass is 9.79. The molecule has 9 nitrogen and oxygen atoms in total. The lowest BCUT2D eigenvalue weighted by molar-refractivity contribution is 0.646.